The number of nitrogens with one attached hydrogen (secondary N) is 2. The van der Waals surface area contributed by atoms with Crippen molar-refractivity contribution in [3.8, 4) is 0 Å². The van der Waals surface area contributed by atoms with Crippen LogP contribution in [0.4, 0.5) is 0 Å². The van der Waals surface area contributed by atoms with Gasteiger partial charge in [-0.15, -0.1) is 0 Å². The van der Waals surface area contributed by atoms with Crippen molar-refractivity contribution in [1.82, 2.24) is 10.6 Å². The van der Waals surface area contributed by atoms with E-state index >= 15 is 0 Å². The molecular weight excluding hydrogens is 324 g/mol. The minimum Gasteiger partial charge on any atom is -0.464 e. The Bertz CT molecular complexity index is 488. The molecule has 0 radical (unpaired) electrons. The van der Waals surface area contributed by atoms with Crippen LogP contribution >= 0.6 is 0 Å². The fourth-order valence-corrected chi connectivity index (χ4v) is 3.22. The van der Waals surface area contributed by atoms with E-state index in [0.717, 1.165) is 25.7 Å². The average molecular weight is 354 g/mol. The number of epoxide rings is 1. The predicted molar refractivity (Wildman–Crippen MR) is 91.7 cm³/mol. The third-order valence-electron chi connectivity index (χ3n) is 4.56. The lowest BCUT2D eigenvalue weighted by Gasteiger charge is -2.26. The summed E-state index contributed by atoms with van der Waals surface area (Å²) in [4.78, 5) is 36.4. The van der Waals surface area contributed by atoms with E-state index in [9.17, 15) is 14.4 Å². The zero-order valence-corrected chi connectivity index (χ0v) is 15.4. The molecule has 7 nitrogen and oxygen atoms in total. The highest BCUT2D eigenvalue weighted by molar-refractivity contribution is 5.95. The summed E-state index contributed by atoms with van der Waals surface area (Å²) in [5, 5.41) is 5.80. The second-order valence-electron chi connectivity index (χ2n) is 7.26. The van der Waals surface area contributed by atoms with Gasteiger partial charge >= 0.3 is 5.97 Å². The van der Waals surface area contributed by atoms with Crippen molar-refractivity contribution < 1.29 is 23.9 Å². The highest BCUT2D eigenvalue weighted by Crippen LogP contribution is 2.24. The molecule has 2 rings (SSSR count). The number of hydrogen-bond acceptors (Lipinski definition) is 5. The lowest BCUT2D eigenvalue weighted by Crippen LogP contribution is -2.51. The van der Waals surface area contributed by atoms with Gasteiger partial charge in [-0.3, -0.25) is 9.59 Å². The minimum absolute atomic E-state index is 0.151. The smallest absolute Gasteiger partial charge is 0.338 e. The van der Waals surface area contributed by atoms with E-state index < -0.39 is 30.1 Å². The van der Waals surface area contributed by atoms with E-state index in [1.165, 1.54) is 6.42 Å². The molecule has 25 heavy (non-hydrogen) atoms. The zero-order chi connectivity index (χ0) is 18.4. The van der Waals surface area contributed by atoms with E-state index in [1.807, 2.05) is 13.8 Å². The molecule has 0 aromatic heterocycles. The van der Waals surface area contributed by atoms with Gasteiger partial charge in [0.2, 0.25) is 5.91 Å². The first-order valence-corrected chi connectivity index (χ1v) is 9.35. The molecule has 1 heterocycles. The van der Waals surface area contributed by atoms with Crippen LogP contribution < -0.4 is 10.6 Å². The molecule has 0 spiro atoms. The number of hydrogen-bond donors (Lipinski definition) is 2. The number of carbonyl (C=O) groups is 3. The summed E-state index contributed by atoms with van der Waals surface area (Å²) in [6.07, 6.45) is 4.30. The molecule has 2 N–H and O–H groups in total. The van der Waals surface area contributed by atoms with Crippen LogP contribution in [-0.2, 0) is 23.9 Å². The molecule has 0 aromatic carbocycles. The number of ether oxygens (including phenoxy) is 2. The summed E-state index contributed by atoms with van der Waals surface area (Å²) in [7, 11) is 0. The molecule has 2 fully saturated rings. The number of carbonyl (C=O) groups excluding carboxylic acids is 3. The first kappa shape index (κ1) is 19.7. The van der Waals surface area contributed by atoms with Gasteiger partial charge in [0.1, 0.15) is 6.04 Å². The van der Waals surface area contributed by atoms with Crippen molar-refractivity contribution in [3.63, 3.8) is 0 Å². The van der Waals surface area contributed by atoms with Crippen LogP contribution in [0, 0.1) is 5.92 Å². The maximum Gasteiger partial charge on any atom is 0.338 e. The topological polar surface area (TPSA) is 97.0 Å². The molecule has 1 saturated carbocycles. The number of rotatable bonds is 8. The minimum atomic E-state index is -0.851. The van der Waals surface area contributed by atoms with Gasteiger partial charge in [-0.05, 0) is 32.1 Å². The molecule has 2 amide bonds. The van der Waals surface area contributed by atoms with E-state index in [4.69, 9.17) is 9.47 Å². The maximum absolute atomic E-state index is 12.6. The second-order valence-corrected chi connectivity index (χ2v) is 7.26. The van der Waals surface area contributed by atoms with Crippen molar-refractivity contribution in [3.05, 3.63) is 0 Å². The SMILES string of the molecule is CCOC(=O)[C@H]1O[C@@H]1C(=O)N[C@@H](CC(C)C)C(=O)NC1CCCCC1. The van der Waals surface area contributed by atoms with Crippen LogP contribution in [0.5, 0.6) is 0 Å². The predicted octanol–water partition coefficient (Wildman–Crippen LogP) is 1.30. The van der Waals surface area contributed by atoms with Crippen LogP contribution in [0.3, 0.4) is 0 Å². The molecule has 1 aliphatic carbocycles. The fraction of sp³-hybridized carbons (Fsp3) is 0.833. The standard InChI is InChI=1S/C18H30N2O5/c1-4-24-18(23)15-14(25-15)17(22)20-13(10-11(2)3)16(21)19-12-8-6-5-7-9-12/h11-15H,4-10H2,1-3H3,(H,19,21)(H,20,22)/t13-,14-,15-/m0/s1. The van der Waals surface area contributed by atoms with Crippen LogP contribution in [0.15, 0.2) is 0 Å². The van der Waals surface area contributed by atoms with Crippen molar-refractivity contribution in [2.45, 2.75) is 83.6 Å². The van der Waals surface area contributed by atoms with Gasteiger partial charge in [-0.25, -0.2) is 4.79 Å². The van der Waals surface area contributed by atoms with Crippen LogP contribution in [0.25, 0.3) is 0 Å². The molecular formula is C18H30N2O5. The summed E-state index contributed by atoms with van der Waals surface area (Å²) >= 11 is 0. The van der Waals surface area contributed by atoms with Gasteiger partial charge in [-0.1, -0.05) is 33.1 Å². The molecule has 142 valence electrons. The Balaban J connectivity index is 1.87. The largest absolute Gasteiger partial charge is 0.464 e. The van der Waals surface area contributed by atoms with Crippen molar-refractivity contribution in [1.29, 1.82) is 0 Å². The van der Waals surface area contributed by atoms with E-state index in [2.05, 4.69) is 10.6 Å². The Morgan fingerprint density at radius 2 is 1.80 bits per heavy atom. The van der Waals surface area contributed by atoms with Crippen molar-refractivity contribution >= 4 is 17.8 Å². The van der Waals surface area contributed by atoms with Gasteiger partial charge in [0.25, 0.3) is 5.91 Å². The van der Waals surface area contributed by atoms with Crippen molar-refractivity contribution in [2.24, 2.45) is 5.92 Å². The monoisotopic (exact) mass is 354 g/mol. The van der Waals surface area contributed by atoms with Crippen LogP contribution in [0.2, 0.25) is 0 Å². The Hall–Kier alpha value is -1.63. The molecule has 3 atom stereocenters. The van der Waals surface area contributed by atoms with Gasteiger partial charge in [0.15, 0.2) is 12.2 Å². The van der Waals surface area contributed by atoms with Crippen LogP contribution in [-0.4, -0.2) is 48.7 Å². The highest BCUT2D eigenvalue weighted by atomic mass is 16.6. The zero-order valence-electron chi connectivity index (χ0n) is 15.4. The van der Waals surface area contributed by atoms with E-state index in [0.29, 0.717) is 6.42 Å². The summed E-state index contributed by atoms with van der Waals surface area (Å²) in [6.45, 7) is 5.95. The lowest BCUT2D eigenvalue weighted by atomic mass is 9.94. The van der Waals surface area contributed by atoms with Gasteiger partial charge in [0, 0.05) is 6.04 Å². The first-order valence-electron chi connectivity index (χ1n) is 9.35. The quantitative estimate of drug-likeness (QED) is 0.506. The summed E-state index contributed by atoms with van der Waals surface area (Å²) in [6, 6.07) is -0.418. The van der Waals surface area contributed by atoms with E-state index in [1.54, 1.807) is 6.92 Å². The Morgan fingerprint density at radius 3 is 2.40 bits per heavy atom. The average Bonchev–Trinajstić information content (AvgIpc) is 3.36. The molecule has 1 saturated heterocycles. The highest BCUT2D eigenvalue weighted by Gasteiger charge is 2.52. The van der Waals surface area contributed by atoms with E-state index in [-0.39, 0.29) is 24.5 Å². The first-order chi connectivity index (χ1) is 11.9. The number of amides is 2. The molecule has 0 aromatic rings. The maximum atomic E-state index is 12.6. The van der Waals surface area contributed by atoms with Gasteiger partial charge in [0.05, 0.1) is 6.61 Å². The van der Waals surface area contributed by atoms with Crippen LogP contribution in [0.1, 0.15) is 59.3 Å². The Labute approximate surface area is 149 Å². The van der Waals surface area contributed by atoms with Crippen molar-refractivity contribution in [2.75, 3.05) is 6.61 Å². The normalized spacial score (nSPS) is 24.5. The second kappa shape index (κ2) is 9.17. The molecule has 0 bridgehead atoms. The third kappa shape index (κ3) is 5.99. The molecule has 2 aliphatic rings. The molecule has 0 unspecified atom stereocenters. The lowest BCUT2D eigenvalue weighted by molar-refractivity contribution is -0.144. The molecule has 7 heteroatoms. The summed E-state index contributed by atoms with van der Waals surface area (Å²) in [5.74, 6) is -0.858. The number of esters is 1. The summed E-state index contributed by atoms with van der Waals surface area (Å²) < 4.78 is 9.95. The van der Waals surface area contributed by atoms with Gasteiger partial charge in [-0.2, -0.15) is 0 Å². The summed E-state index contributed by atoms with van der Waals surface area (Å²) in [5.41, 5.74) is 0. The van der Waals surface area contributed by atoms with Gasteiger partial charge < -0.3 is 20.1 Å². The Kier molecular flexibility index (Phi) is 7.23. The third-order valence-corrected chi connectivity index (χ3v) is 4.56. The molecule has 1 aliphatic heterocycles. The fourth-order valence-electron chi connectivity index (χ4n) is 3.22. The Morgan fingerprint density at radius 1 is 1.12 bits per heavy atom.